The summed E-state index contributed by atoms with van der Waals surface area (Å²) >= 11 is 0. The summed E-state index contributed by atoms with van der Waals surface area (Å²) in [6.07, 6.45) is 0. The van der Waals surface area contributed by atoms with E-state index in [9.17, 15) is 0 Å². The molecule has 0 aromatic heterocycles. The van der Waals surface area contributed by atoms with Gasteiger partial charge in [-0.2, -0.15) is 0 Å². The van der Waals surface area contributed by atoms with Crippen molar-refractivity contribution in [3.8, 4) is 0 Å². The maximum Gasteiger partial charge on any atom is 0.265 e. The second-order valence-electron chi connectivity index (χ2n) is 4.47. The van der Waals surface area contributed by atoms with Crippen LogP contribution >= 0.6 is 0 Å². The van der Waals surface area contributed by atoms with Crippen LogP contribution in [0.4, 0.5) is 0 Å². The first-order chi connectivity index (χ1) is 5.83. The van der Waals surface area contributed by atoms with Crippen LogP contribution in [0.2, 0.25) is 13.1 Å². The molecule has 0 amide bonds. The first-order valence-electron chi connectivity index (χ1n) is 5.25. The average Bonchev–Trinajstić information content (AvgIpc) is 1.82. The monoisotopic (exact) mass is 203 g/mol. The largest absolute Gasteiger partial charge is 0.404 e. The first-order valence-corrected chi connectivity index (χ1v) is 8.10. The van der Waals surface area contributed by atoms with Crippen molar-refractivity contribution in [2.24, 2.45) is 0 Å². The molecule has 0 radical (unpaired) electrons. The second kappa shape index (κ2) is 5.13. The third-order valence-corrected chi connectivity index (χ3v) is 5.50. The van der Waals surface area contributed by atoms with Gasteiger partial charge in [-0.1, -0.05) is 27.7 Å². The quantitative estimate of drug-likeness (QED) is 0.637. The predicted octanol–water partition coefficient (Wildman–Crippen LogP) is 2.84. The Kier molecular flexibility index (Phi) is 5.18. The average molecular weight is 203 g/mol. The molecule has 0 heterocycles. The van der Waals surface area contributed by atoms with Crippen LogP contribution in [0.5, 0.6) is 0 Å². The third kappa shape index (κ3) is 3.79. The zero-order chi connectivity index (χ0) is 10.6. The molecular weight excluding hydrogens is 178 g/mol. The number of rotatable bonds is 5. The summed E-state index contributed by atoms with van der Waals surface area (Å²) < 4.78 is 8.40. The van der Waals surface area contributed by atoms with Crippen molar-refractivity contribution in [3.63, 3.8) is 0 Å². The van der Waals surface area contributed by atoms with Crippen LogP contribution in [0.25, 0.3) is 0 Å². The van der Waals surface area contributed by atoms with Crippen LogP contribution in [0.15, 0.2) is 0 Å². The van der Waals surface area contributed by atoms with Crippen LogP contribution in [0.3, 0.4) is 0 Å². The molecule has 0 saturated carbocycles. The van der Waals surface area contributed by atoms with E-state index in [1.807, 2.05) is 0 Å². The summed E-state index contributed by atoms with van der Waals surface area (Å²) in [4.78, 5) is 0. The Labute approximate surface area is 84.5 Å². The molecule has 0 rings (SSSR count). The van der Waals surface area contributed by atoms with Gasteiger partial charge in [-0.25, -0.2) is 0 Å². The first kappa shape index (κ1) is 13.1. The van der Waals surface area contributed by atoms with Crippen molar-refractivity contribution < 1.29 is 4.43 Å². The van der Waals surface area contributed by atoms with Crippen LogP contribution in [0.1, 0.15) is 34.6 Å². The van der Waals surface area contributed by atoms with Crippen LogP contribution in [-0.4, -0.2) is 31.7 Å². The summed E-state index contributed by atoms with van der Waals surface area (Å²) in [5, 5.41) is 0. The maximum absolute atomic E-state index is 5.88. The Morgan fingerprint density at radius 1 is 1.08 bits per heavy atom. The highest BCUT2D eigenvalue weighted by atomic mass is 28.4. The highest BCUT2D eigenvalue weighted by Crippen LogP contribution is 2.18. The molecule has 0 fully saturated rings. The lowest BCUT2D eigenvalue weighted by molar-refractivity contribution is 0.203. The Hall–Kier alpha value is 0.137. The van der Waals surface area contributed by atoms with Gasteiger partial charge >= 0.3 is 0 Å². The summed E-state index contributed by atoms with van der Waals surface area (Å²) in [6.45, 7) is 16.4. The van der Waals surface area contributed by atoms with Crippen molar-refractivity contribution in [1.82, 2.24) is 4.57 Å². The Morgan fingerprint density at radius 2 is 1.46 bits per heavy atom. The molecule has 2 nitrogen and oxygen atoms in total. The standard InChI is InChI=1S/C10H25NOSi/c1-8-12-13(6,7)11(9(2)3)10(4)5/h9-10H,8H2,1-7H3. The fourth-order valence-corrected chi connectivity index (χ4v) is 5.61. The topological polar surface area (TPSA) is 12.5 Å². The minimum absolute atomic E-state index is 0.577. The molecule has 13 heavy (non-hydrogen) atoms. The predicted molar refractivity (Wildman–Crippen MR) is 61.2 cm³/mol. The molecule has 0 aromatic carbocycles. The van der Waals surface area contributed by atoms with E-state index in [0.717, 1.165) is 6.61 Å². The van der Waals surface area contributed by atoms with Crippen LogP contribution in [-0.2, 0) is 4.43 Å². The minimum atomic E-state index is -1.63. The van der Waals surface area contributed by atoms with Gasteiger partial charge in [0.25, 0.3) is 8.48 Å². The molecule has 0 atom stereocenters. The normalized spacial score (nSPS) is 13.4. The van der Waals surface area contributed by atoms with Crippen molar-refractivity contribution in [2.75, 3.05) is 6.61 Å². The van der Waals surface area contributed by atoms with Crippen LogP contribution in [0, 0.1) is 0 Å². The van der Waals surface area contributed by atoms with E-state index in [0.29, 0.717) is 12.1 Å². The Balaban J connectivity index is 4.52. The fraction of sp³-hybridized carbons (Fsp3) is 1.00. The molecule has 0 N–H and O–H groups in total. The fourth-order valence-electron chi connectivity index (χ4n) is 2.27. The number of hydrogen-bond acceptors (Lipinski definition) is 2. The zero-order valence-electron chi connectivity index (χ0n) is 10.2. The van der Waals surface area contributed by atoms with Crippen molar-refractivity contribution in [1.29, 1.82) is 0 Å². The van der Waals surface area contributed by atoms with Crippen molar-refractivity contribution >= 4 is 8.48 Å². The molecule has 0 saturated heterocycles. The Morgan fingerprint density at radius 3 is 1.69 bits per heavy atom. The second-order valence-corrected chi connectivity index (χ2v) is 8.17. The third-order valence-electron chi connectivity index (χ3n) is 2.23. The lowest BCUT2D eigenvalue weighted by atomic mass is 10.3. The van der Waals surface area contributed by atoms with Crippen molar-refractivity contribution in [3.05, 3.63) is 0 Å². The number of hydrogen-bond donors (Lipinski definition) is 0. The number of nitrogens with zero attached hydrogens (tertiary/aromatic N) is 1. The van der Waals surface area contributed by atoms with Gasteiger partial charge in [0.05, 0.1) is 0 Å². The van der Waals surface area contributed by atoms with Gasteiger partial charge in [0.2, 0.25) is 0 Å². The highest BCUT2D eigenvalue weighted by molar-refractivity contribution is 6.68. The molecule has 0 aromatic rings. The molecule has 80 valence electrons. The molecule has 0 aliphatic rings. The van der Waals surface area contributed by atoms with E-state index in [4.69, 9.17) is 4.43 Å². The highest BCUT2D eigenvalue weighted by Gasteiger charge is 2.34. The van der Waals surface area contributed by atoms with Gasteiger partial charge < -0.3 is 4.43 Å². The molecule has 3 heteroatoms. The van der Waals surface area contributed by atoms with Gasteiger partial charge in [-0.3, -0.25) is 4.57 Å². The van der Waals surface area contributed by atoms with E-state index in [1.165, 1.54) is 0 Å². The van der Waals surface area contributed by atoms with E-state index in [-0.39, 0.29) is 0 Å². The SMILES string of the molecule is CCO[Si](C)(C)N(C(C)C)C(C)C. The molecule has 0 aliphatic heterocycles. The zero-order valence-corrected chi connectivity index (χ0v) is 11.2. The lowest BCUT2D eigenvalue weighted by Crippen LogP contribution is -2.57. The molecule has 0 unspecified atom stereocenters. The maximum atomic E-state index is 5.88. The minimum Gasteiger partial charge on any atom is -0.404 e. The summed E-state index contributed by atoms with van der Waals surface area (Å²) in [6, 6.07) is 1.15. The van der Waals surface area contributed by atoms with E-state index in [2.05, 4.69) is 52.3 Å². The van der Waals surface area contributed by atoms with Gasteiger partial charge in [0, 0.05) is 6.61 Å². The smallest absolute Gasteiger partial charge is 0.265 e. The van der Waals surface area contributed by atoms with E-state index < -0.39 is 8.48 Å². The molecular formula is C10H25NOSi. The van der Waals surface area contributed by atoms with Gasteiger partial charge in [-0.05, 0) is 32.1 Å². The van der Waals surface area contributed by atoms with Crippen molar-refractivity contribution in [2.45, 2.75) is 59.8 Å². The Bertz CT molecular complexity index is 138. The summed E-state index contributed by atoms with van der Waals surface area (Å²) in [7, 11) is -1.63. The van der Waals surface area contributed by atoms with Gasteiger partial charge in [0.1, 0.15) is 0 Å². The van der Waals surface area contributed by atoms with Gasteiger partial charge in [0.15, 0.2) is 0 Å². The lowest BCUT2D eigenvalue weighted by Gasteiger charge is -2.41. The summed E-state index contributed by atoms with van der Waals surface area (Å²) in [5.41, 5.74) is 0. The molecule has 0 bridgehead atoms. The molecule has 0 aliphatic carbocycles. The van der Waals surface area contributed by atoms with Crippen LogP contribution < -0.4 is 0 Å². The molecule has 0 spiro atoms. The van der Waals surface area contributed by atoms with E-state index in [1.54, 1.807) is 0 Å². The van der Waals surface area contributed by atoms with E-state index >= 15 is 0 Å². The van der Waals surface area contributed by atoms with Gasteiger partial charge in [-0.15, -0.1) is 0 Å². The summed E-state index contributed by atoms with van der Waals surface area (Å²) in [5.74, 6) is 0.